The number of hydrogen-bond acceptors (Lipinski definition) is 6. The van der Waals surface area contributed by atoms with Crippen molar-refractivity contribution in [1.82, 2.24) is 20.1 Å². The molecule has 5 rings (SSSR count). The molecule has 13 heteroatoms. The average molecular weight is 607 g/mol. The minimum atomic E-state index is -4.76. The topological polar surface area (TPSA) is 102 Å². The van der Waals surface area contributed by atoms with E-state index in [0.717, 1.165) is 16.8 Å². The molecule has 0 bridgehead atoms. The van der Waals surface area contributed by atoms with E-state index in [1.807, 2.05) is 50.2 Å². The normalized spacial score (nSPS) is 14.7. The van der Waals surface area contributed by atoms with Crippen LogP contribution in [-0.2, 0) is 4.79 Å². The molecule has 1 aliphatic heterocycles. The molecule has 0 unspecified atom stereocenters. The number of aromatic nitrogens is 3. The van der Waals surface area contributed by atoms with E-state index in [1.54, 1.807) is 18.2 Å². The second kappa shape index (κ2) is 12.5. The van der Waals surface area contributed by atoms with Gasteiger partial charge in [0.05, 0.1) is 17.1 Å². The van der Waals surface area contributed by atoms with E-state index in [-0.39, 0.29) is 23.3 Å². The van der Waals surface area contributed by atoms with Gasteiger partial charge in [-0.25, -0.2) is 14.5 Å². The molecule has 0 aliphatic carbocycles. The van der Waals surface area contributed by atoms with Crippen molar-refractivity contribution in [3.05, 3.63) is 96.5 Å². The SMILES string of the molecule is CC(C)c1ccccc1N1C(=O)CSC1=NC(=O)NC=Cc1ccc(-c2ncn(-c3ccc(OC(F)(F)F)cc3)n2)cc1. The highest BCUT2D eigenvalue weighted by Crippen LogP contribution is 2.33. The van der Waals surface area contributed by atoms with Gasteiger partial charge in [-0.2, -0.15) is 4.99 Å². The molecule has 0 spiro atoms. The Labute approximate surface area is 249 Å². The summed E-state index contributed by atoms with van der Waals surface area (Å²) in [5.41, 5.74) is 3.73. The third kappa shape index (κ3) is 7.30. The Hall–Kier alpha value is -4.91. The monoisotopic (exact) mass is 606 g/mol. The molecular formula is C30H25F3N6O3S. The van der Waals surface area contributed by atoms with Crippen molar-refractivity contribution in [2.45, 2.75) is 26.1 Å². The lowest BCUT2D eigenvalue weighted by Crippen LogP contribution is -2.31. The van der Waals surface area contributed by atoms with E-state index in [4.69, 9.17) is 0 Å². The number of nitrogens with zero attached hydrogens (tertiary/aromatic N) is 5. The fourth-order valence-electron chi connectivity index (χ4n) is 4.25. The summed E-state index contributed by atoms with van der Waals surface area (Å²) < 4.78 is 42.5. The second-order valence-electron chi connectivity index (χ2n) is 9.58. The van der Waals surface area contributed by atoms with Gasteiger partial charge in [0.15, 0.2) is 11.0 Å². The first kappa shape index (κ1) is 29.6. The molecule has 220 valence electrons. The number of anilines is 1. The van der Waals surface area contributed by atoms with Crippen LogP contribution in [0.4, 0.5) is 23.7 Å². The van der Waals surface area contributed by atoms with Crippen molar-refractivity contribution in [2.24, 2.45) is 4.99 Å². The van der Waals surface area contributed by atoms with Crippen LogP contribution in [0.15, 0.2) is 90.3 Å². The van der Waals surface area contributed by atoms with Crippen LogP contribution < -0.4 is 15.0 Å². The number of alkyl halides is 3. The Morgan fingerprint density at radius 2 is 1.79 bits per heavy atom. The first-order chi connectivity index (χ1) is 20.6. The number of aliphatic imine (C=N–C) groups is 1. The molecule has 9 nitrogen and oxygen atoms in total. The van der Waals surface area contributed by atoms with Crippen LogP contribution in [0.5, 0.6) is 5.75 Å². The maximum Gasteiger partial charge on any atom is 0.573 e. The number of halogens is 3. The van der Waals surface area contributed by atoms with Gasteiger partial charge >= 0.3 is 12.4 Å². The van der Waals surface area contributed by atoms with E-state index in [0.29, 0.717) is 22.2 Å². The van der Waals surface area contributed by atoms with Crippen molar-refractivity contribution in [2.75, 3.05) is 10.7 Å². The van der Waals surface area contributed by atoms with Gasteiger partial charge < -0.3 is 10.1 Å². The van der Waals surface area contributed by atoms with Crippen molar-refractivity contribution in [1.29, 1.82) is 0 Å². The van der Waals surface area contributed by atoms with Crippen molar-refractivity contribution >= 4 is 40.6 Å². The number of nitrogens with one attached hydrogen (secondary N) is 1. The van der Waals surface area contributed by atoms with Gasteiger partial charge in [-0.05, 0) is 53.5 Å². The highest BCUT2D eigenvalue weighted by atomic mass is 32.2. The van der Waals surface area contributed by atoms with Gasteiger partial charge in [0.1, 0.15) is 12.1 Å². The number of ether oxygens (including phenoxy) is 1. The van der Waals surface area contributed by atoms with Gasteiger partial charge in [0.25, 0.3) is 0 Å². The zero-order chi connectivity index (χ0) is 30.6. The van der Waals surface area contributed by atoms with E-state index in [9.17, 15) is 22.8 Å². The molecule has 1 N–H and O–H groups in total. The molecule has 1 aliphatic rings. The summed E-state index contributed by atoms with van der Waals surface area (Å²) in [6, 6.07) is 19.5. The molecule has 0 atom stereocenters. The predicted molar refractivity (Wildman–Crippen MR) is 159 cm³/mol. The minimum absolute atomic E-state index is 0.131. The van der Waals surface area contributed by atoms with Crippen molar-refractivity contribution in [3.8, 4) is 22.8 Å². The van der Waals surface area contributed by atoms with Crippen molar-refractivity contribution < 1.29 is 27.5 Å². The number of amidine groups is 1. The minimum Gasteiger partial charge on any atom is -0.406 e. The number of benzene rings is 3. The summed E-state index contributed by atoms with van der Waals surface area (Å²) in [5.74, 6) is 0.353. The molecule has 0 radical (unpaired) electrons. The standard InChI is InChI=1S/C30H25F3N6O3S/c1-19(2)24-5-3-4-6-25(24)39-26(40)17-43-29(39)36-28(41)34-16-15-20-7-9-21(10-8-20)27-35-18-38(37-27)22-11-13-23(14-12-22)42-30(31,32)33/h3-16,18-19H,17H2,1-2H3,(H,34,41). The van der Waals surface area contributed by atoms with Gasteiger partial charge in [-0.1, -0.05) is 68.1 Å². The zero-order valence-electron chi connectivity index (χ0n) is 22.9. The smallest absolute Gasteiger partial charge is 0.406 e. The summed E-state index contributed by atoms with van der Waals surface area (Å²) in [6.45, 7) is 4.08. The predicted octanol–water partition coefficient (Wildman–Crippen LogP) is 6.77. The number of hydrogen-bond donors (Lipinski definition) is 1. The highest BCUT2D eigenvalue weighted by molar-refractivity contribution is 8.15. The third-order valence-electron chi connectivity index (χ3n) is 6.24. The molecule has 43 heavy (non-hydrogen) atoms. The summed E-state index contributed by atoms with van der Waals surface area (Å²) in [5, 5.41) is 7.32. The Bertz CT molecular complexity index is 1680. The molecule has 3 amide bonds. The van der Waals surface area contributed by atoms with Gasteiger partial charge in [-0.3, -0.25) is 9.69 Å². The van der Waals surface area contributed by atoms with Gasteiger partial charge in [0, 0.05) is 11.8 Å². The molecule has 1 aromatic heterocycles. The number of carbonyl (C=O) groups excluding carboxylic acids is 2. The summed E-state index contributed by atoms with van der Waals surface area (Å²) in [6.07, 6.45) is -0.147. The van der Waals surface area contributed by atoms with Crippen LogP contribution in [0, 0.1) is 0 Å². The molecule has 1 saturated heterocycles. The van der Waals surface area contributed by atoms with E-state index in [2.05, 4.69) is 25.1 Å². The molecule has 0 saturated carbocycles. The summed E-state index contributed by atoms with van der Waals surface area (Å²) in [4.78, 5) is 35.1. The maximum atomic E-state index is 12.6. The van der Waals surface area contributed by atoms with Crippen LogP contribution in [0.1, 0.15) is 30.9 Å². The van der Waals surface area contributed by atoms with Crippen LogP contribution in [-0.4, -0.2) is 44.0 Å². The largest absolute Gasteiger partial charge is 0.573 e. The van der Waals surface area contributed by atoms with E-state index in [1.165, 1.54) is 58.1 Å². The number of rotatable bonds is 7. The average Bonchev–Trinajstić information content (AvgIpc) is 3.60. The quantitative estimate of drug-likeness (QED) is 0.249. The zero-order valence-corrected chi connectivity index (χ0v) is 23.8. The lowest BCUT2D eigenvalue weighted by atomic mass is 10.0. The van der Waals surface area contributed by atoms with Gasteiger partial charge in [-0.15, -0.1) is 18.3 Å². The fourth-order valence-corrected chi connectivity index (χ4v) is 5.11. The fraction of sp³-hybridized carbons (Fsp3) is 0.167. The van der Waals surface area contributed by atoms with Crippen LogP contribution in [0.2, 0.25) is 0 Å². The number of amides is 3. The molecule has 3 aromatic carbocycles. The summed E-state index contributed by atoms with van der Waals surface area (Å²) in [7, 11) is 0. The molecule has 4 aromatic rings. The maximum absolute atomic E-state index is 12.6. The van der Waals surface area contributed by atoms with Crippen molar-refractivity contribution in [3.63, 3.8) is 0 Å². The molecule has 2 heterocycles. The molecule has 1 fully saturated rings. The van der Waals surface area contributed by atoms with Crippen LogP contribution >= 0.6 is 11.8 Å². The Morgan fingerprint density at radius 1 is 1.07 bits per heavy atom. The van der Waals surface area contributed by atoms with Crippen LogP contribution in [0.25, 0.3) is 23.2 Å². The first-order valence-corrected chi connectivity index (χ1v) is 14.0. The number of para-hydroxylation sites is 1. The van der Waals surface area contributed by atoms with E-state index >= 15 is 0 Å². The Balaban J connectivity index is 1.21. The van der Waals surface area contributed by atoms with E-state index < -0.39 is 12.4 Å². The first-order valence-electron chi connectivity index (χ1n) is 13.1. The second-order valence-corrected chi connectivity index (χ2v) is 10.5. The number of thioether (sulfide) groups is 1. The lowest BCUT2D eigenvalue weighted by molar-refractivity contribution is -0.274. The Kier molecular flexibility index (Phi) is 8.62. The summed E-state index contributed by atoms with van der Waals surface area (Å²) >= 11 is 1.22. The number of carbonyl (C=O) groups is 2. The lowest BCUT2D eigenvalue weighted by Gasteiger charge is -2.21. The third-order valence-corrected chi connectivity index (χ3v) is 7.16. The Morgan fingerprint density at radius 3 is 2.49 bits per heavy atom. The molecular weight excluding hydrogens is 581 g/mol. The number of urea groups is 1. The van der Waals surface area contributed by atoms with Gasteiger partial charge in [0.2, 0.25) is 5.91 Å². The highest BCUT2D eigenvalue weighted by Gasteiger charge is 2.32. The van der Waals surface area contributed by atoms with Crippen LogP contribution in [0.3, 0.4) is 0 Å².